The molecule has 0 amide bonds. The largest absolute Gasteiger partial charge is 0.489 e. The van der Waals surface area contributed by atoms with Crippen molar-refractivity contribution in [2.45, 2.75) is 19.3 Å². The lowest BCUT2D eigenvalue weighted by molar-refractivity contribution is 0.358. The molecule has 0 saturated carbocycles. The van der Waals surface area contributed by atoms with Crippen molar-refractivity contribution in [1.82, 2.24) is 5.32 Å². The van der Waals surface area contributed by atoms with E-state index in [-0.39, 0.29) is 0 Å². The van der Waals surface area contributed by atoms with Crippen LogP contribution in [0, 0.1) is 0 Å². The second-order valence-corrected chi connectivity index (χ2v) is 4.06. The van der Waals surface area contributed by atoms with Crippen molar-refractivity contribution in [3.05, 3.63) is 35.9 Å². The summed E-state index contributed by atoms with van der Waals surface area (Å²) in [5, 5.41) is 3.28. The lowest BCUT2D eigenvalue weighted by Crippen LogP contribution is -2.21. The molecule has 2 heterocycles. The van der Waals surface area contributed by atoms with Crippen LogP contribution in [0.5, 0.6) is 5.75 Å². The number of hydrogen-bond donors (Lipinski definition) is 1. The van der Waals surface area contributed by atoms with Crippen LogP contribution in [-0.2, 0) is 0 Å². The lowest BCUT2D eigenvalue weighted by Gasteiger charge is -2.10. The van der Waals surface area contributed by atoms with Crippen LogP contribution in [0.15, 0.2) is 30.3 Å². The van der Waals surface area contributed by atoms with E-state index in [0.717, 1.165) is 5.75 Å². The van der Waals surface area contributed by atoms with E-state index < -0.39 is 0 Å². The molecule has 3 rings (SSSR count). The highest BCUT2D eigenvalue weighted by Crippen LogP contribution is 2.21. The van der Waals surface area contributed by atoms with Crippen molar-refractivity contribution < 1.29 is 4.74 Å². The summed E-state index contributed by atoms with van der Waals surface area (Å²) in [4.78, 5) is 0. The number of fused-ring (bicyclic) bond motifs is 1. The third-order valence-electron chi connectivity index (χ3n) is 2.76. The fourth-order valence-corrected chi connectivity index (χ4v) is 1.86. The monoisotopic (exact) mass is 217 g/mol. The van der Waals surface area contributed by atoms with Gasteiger partial charge in [-0.05, 0) is 38.1 Å². The summed E-state index contributed by atoms with van der Waals surface area (Å²) in [5.74, 6) is 0.991. The number of para-hydroxylation sites is 1. The maximum Gasteiger partial charge on any atom is 0.126 e. The van der Waals surface area contributed by atoms with E-state index in [1.54, 1.807) is 0 Å². The maximum atomic E-state index is 5.34. The molecular weight excluding hydrogens is 198 g/mol. The van der Waals surface area contributed by atoms with Crippen LogP contribution in [0.2, 0.25) is 0 Å². The smallest absolute Gasteiger partial charge is 0.126 e. The summed E-state index contributed by atoms with van der Waals surface area (Å²) in [6.07, 6.45) is 8.31. The van der Waals surface area contributed by atoms with Gasteiger partial charge in [-0.1, -0.05) is 30.7 Å². The summed E-state index contributed by atoms with van der Waals surface area (Å²) in [7, 11) is 0. The minimum atomic E-state index is 0.705. The Morgan fingerprint density at radius 2 is 1.81 bits per heavy atom. The molecule has 2 aliphatic heterocycles. The molecule has 0 atom stereocenters. The average Bonchev–Trinajstić information content (AvgIpc) is 2.42. The molecule has 0 aliphatic carbocycles. The Morgan fingerprint density at radius 1 is 1.00 bits per heavy atom. The van der Waals surface area contributed by atoms with E-state index in [2.05, 4.69) is 11.4 Å². The van der Waals surface area contributed by atoms with E-state index in [4.69, 9.17) is 4.74 Å². The predicted molar refractivity (Wildman–Crippen MR) is 67.7 cm³/mol. The molecule has 0 spiro atoms. The van der Waals surface area contributed by atoms with Gasteiger partial charge in [-0.2, -0.15) is 0 Å². The van der Waals surface area contributed by atoms with Gasteiger partial charge in [0, 0.05) is 5.56 Å². The van der Waals surface area contributed by atoms with Gasteiger partial charge >= 0.3 is 0 Å². The summed E-state index contributed by atoms with van der Waals surface area (Å²) >= 11 is 0. The highest BCUT2D eigenvalue weighted by Gasteiger charge is 2.01. The molecule has 0 unspecified atom stereocenters. The first kappa shape index (κ1) is 11.2. The zero-order valence-electron chi connectivity index (χ0n) is 9.61. The summed E-state index contributed by atoms with van der Waals surface area (Å²) in [6.45, 7) is 3.21. The molecule has 16 heavy (non-hydrogen) atoms. The predicted octanol–water partition coefficient (Wildman–Crippen LogP) is 2.85. The van der Waals surface area contributed by atoms with Gasteiger partial charge in [0.25, 0.3) is 0 Å². The molecule has 86 valence electrons. The van der Waals surface area contributed by atoms with Crippen molar-refractivity contribution >= 4 is 6.08 Å². The van der Waals surface area contributed by atoms with Crippen molar-refractivity contribution in [3.63, 3.8) is 0 Å². The van der Waals surface area contributed by atoms with Gasteiger partial charge in [-0.15, -0.1) is 0 Å². The minimum Gasteiger partial charge on any atom is -0.489 e. The highest BCUT2D eigenvalue weighted by atomic mass is 16.5. The van der Waals surface area contributed by atoms with Gasteiger partial charge in [-0.3, -0.25) is 0 Å². The molecule has 1 aromatic carbocycles. The Balaban J connectivity index is 0.000000138. The summed E-state index contributed by atoms with van der Waals surface area (Å²) in [6, 6.07) is 8.03. The van der Waals surface area contributed by atoms with E-state index in [0.29, 0.717) is 6.61 Å². The Hall–Kier alpha value is -1.28. The normalized spacial score (nSPS) is 17.8. The third-order valence-corrected chi connectivity index (χ3v) is 2.76. The molecule has 0 bridgehead atoms. The molecule has 1 fully saturated rings. The van der Waals surface area contributed by atoms with Gasteiger partial charge < -0.3 is 10.1 Å². The van der Waals surface area contributed by atoms with Crippen molar-refractivity contribution in [2.24, 2.45) is 0 Å². The molecule has 0 aromatic heterocycles. The fourth-order valence-electron chi connectivity index (χ4n) is 1.86. The Bertz CT molecular complexity index is 331. The zero-order valence-corrected chi connectivity index (χ0v) is 9.61. The van der Waals surface area contributed by atoms with Crippen LogP contribution < -0.4 is 10.1 Å². The Morgan fingerprint density at radius 3 is 2.44 bits per heavy atom. The van der Waals surface area contributed by atoms with Crippen LogP contribution in [0.25, 0.3) is 6.08 Å². The molecule has 1 saturated heterocycles. The van der Waals surface area contributed by atoms with E-state index in [9.17, 15) is 0 Å². The number of rotatable bonds is 0. The van der Waals surface area contributed by atoms with Gasteiger partial charge in [0.1, 0.15) is 12.4 Å². The summed E-state index contributed by atoms with van der Waals surface area (Å²) in [5.41, 5.74) is 1.17. The number of benzene rings is 1. The minimum absolute atomic E-state index is 0.705. The molecule has 2 aliphatic rings. The molecule has 1 aromatic rings. The van der Waals surface area contributed by atoms with Crippen LogP contribution in [0.1, 0.15) is 24.8 Å². The molecular formula is C14H19NO. The fraction of sp³-hybridized carbons (Fsp3) is 0.429. The third kappa shape index (κ3) is 3.38. The number of nitrogens with one attached hydrogen (secondary N) is 1. The first-order valence-corrected chi connectivity index (χ1v) is 6.06. The van der Waals surface area contributed by atoms with Crippen LogP contribution >= 0.6 is 0 Å². The van der Waals surface area contributed by atoms with E-state index in [1.165, 1.54) is 37.9 Å². The number of hydrogen-bond acceptors (Lipinski definition) is 2. The van der Waals surface area contributed by atoms with E-state index >= 15 is 0 Å². The maximum absolute atomic E-state index is 5.34. The van der Waals surface area contributed by atoms with Gasteiger partial charge in [0.05, 0.1) is 0 Å². The topological polar surface area (TPSA) is 21.3 Å². The lowest BCUT2D eigenvalue weighted by atomic mass is 10.1. The standard InChI is InChI=1S/C9H8O.C5H11N/c1-2-6-9-8(4-1)5-3-7-10-9;1-2-4-6-5-3-1/h1-6H,7H2;6H,1-5H2. The van der Waals surface area contributed by atoms with Crippen molar-refractivity contribution in [1.29, 1.82) is 0 Å². The van der Waals surface area contributed by atoms with Gasteiger partial charge in [0.15, 0.2) is 0 Å². The first-order valence-electron chi connectivity index (χ1n) is 6.06. The Labute approximate surface area is 97.3 Å². The number of ether oxygens (including phenoxy) is 1. The van der Waals surface area contributed by atoms with Crippen LogP contribution in [-0.4, -0.2) is 19.7 Å². The Kier molecular flexibility index (Phi) is 4.44. The number of piperidine rings is 1. The van der Waals surface area contributed by atoms with Crippen molar-refractivity contribution in [2.75, 3.05) is 19.7 Å². The van der Waals surface area contributed by atoms with Crippen LogP contribution in [0.3, 0.4) is 0 Å². The second kappa shape index (κ2) is 6.33. The quantitative estimate of drug-likeness (QED) is 0.721. The SMILES string of the molecule is C1=Cc2ccccc2OC1.C1CCNCC1. The zero-order chi connectivity index (χ0) is 11.1. The van der Waals surface area contributed by atoms with Gasteiger partial charge in [0.2, 0.25) is 0 Å². The van der Waals surface area contributed by atoms with Gasteiger partial charge in [-0.25, -0.2) is 0 Å². The summed E-state index contributed by atoms with van der Waals surface area (Å²) < 4.78 is 5.34. The average molecular weight is 217 g/mol. The van der Waals surface area contributed by atoms with Crippen LogP contribution in [0.4, 0.5) is 0 Å². The molecule has 2 nitrogen and oxygen atoms in total. The molecule has 0 radical (unpaired) electrons. The second-order valence-electron chi connectivity index (χ2n) is 4.06. The molecule has 2 heteroatoms. The van der Waals surface area contributed by atoms with E-state index in [1.807, 2.05) is 30.3 Å². The highest BCUT2D eigenvalue weighted by molar-refractivity contribution is 5.58. The van der Waals surface area contributed by atoms with Crippen molar-refractivity contribution in [3.8, 4) is 5.75 Å². The molecule has 1 N–H and O–H groups in total. The first-order chi connectivity index (χ1) is 7.97.